The second-order valence-corrected chi connectivity index (χ2v) is 9.25. The fraction of sp³-hybridized carbons (Fsp3) is 0.364. The first-order chi connectivity index (χ1) is 14.6. The lowest BCUT2D eigenvalue weighted by Crippen LogP contribution is -2.44. The Hall–Kier alpha value is -2.55. The number of anilines is 2. The Bertz CT molecular complexity index is 1070. The molecule has 2 aliphatic rings. The Labute approximate surface area is 185 Å². The van der Waals surface area contributed by atoms with Crippen molar-refractivity contribution in [2.24, 2.45) is 5.41 Å². The zero-order chi connectivity index (χ0) is 22.5. The highest BCUT2D eigenvalue weighted by Crippen LogP contribution is 2.49. The van der Waals surface area contributed by atoms with Gasteiger partial charge in [0.2, 0.25) is 5.91 Å². The van der Waals surface area contributed by atoms with Gasteiger partial charge in [0.25, 0.3) is 5.91 Å². The fourth-order valence-corrected chi connectivity index (χ4v) is 4.08. The smallest absolute Gasteiger partial charge is 0.268 e. The van der Waals surface area contributed by atoms with Crippen molar-refractivity contribution in [2.75, 3.05) is 10.2 Å². The van der Waals surface area contributed by atoms with Crippen LogP contribution >= 0.6 is 15.9 Å². The minimum absolute atomic E-state index is 0.0459. The monoisotopic (exact) mass is 496 g/mol. The van der Waals surface area contributed by atoms with Gasteiger partial charge in [0, 0.05) is 17.0 Å². The number of carbonyl (C=O) groups is 2. The zero-order valence-electron chi connectivity index (χ0n) is 16.9. The maximum Gasteiger partial charge on any atom is 0.268 e. The first kappa shape index (κ1) is 21.7. The zero-order valence-corrected chi connectivity index (χ0v) is 18.5. The van der Waals surface area contributed by atoms with Gasteiger partial charge in [-0.15, -0.1) is 0 Å². The molecule has 1 aliphatic heterocycles. The first-order valence-electron chi connectivity index (χ1n) is 9.81. The quantitative estimate of drug-likeness (QED) is 0.610. The summed E-state index contributed by atoms with van der Waals surface area (Å²) in [5.41, 5.74) is 0.184. The lowest BCUT2D eigenvalue weighted by Gasteiger charge is -2.34. The normalized spacial score (nSPS) is 19.0. The third-order valence-electron chi connectivity index (χ3n) is 5.57. The van der Waals surface area contributed by atoms with Gasteiger partial charge < -0.3 is 15.0 Å². The largest absolute Gasteiger partial charge is 0.476 e. The average molecular weight is 497 g/mol. The van der Waals surface area contributed by atoms with Crippen LogP contribution in [-0.2, 0) is 16.1 Å². The van der Waals surface area contributed by atoms with Crippen molar-refractivity contribution in [1.29, 1.82) is 0 Å². The summed E-state index contributed by atoms with van der Waals surface area (Å²) in [6.07, 6.45) is 1.16. The summed E-state index contributed by atoms with van der Waals surface area (Å²) in [5.74, 6) is -3.39. The van der Waals surface area contributed by atoms with E-state index in [0.717, 1.165) is 31.0 Å². The van der Waals surface area contributed by atoms with Crippen molar-refractivity contribution in [3.8, 4) is 5.75 Å². The Morgan fingerprint density at radius 2 is 1.87 bits per heavy atom. The van der Waals surface area contributed by atoms with Gasteiger partial charge in [-0.3, -0.25) is 9.59 Å². The summed E-state index contributed by atoms with van der Waals surface area (Å²) in [4.78, 5) is 26.3. The summed E-state index contributed by atoms with van der Waals surface area (Å²) in [5, 5.41) is 2.59. The van der Waals surface area contributed by atoms with E-state index in [-0.39, 0.29) is 51.4 Å². The molecular formula is C22H20BrF3N2O3. The predicted molar refractivity (Wildman–Crippen MR) is 112 cm³/mol. The van der Waals surface area contributed by atoms with Crippen LogP contribution in [0.2, 0.25) is 0 Å². The number of carbonyl (C=O) groups excluding carboxylic acids is 2. The Morgan fingerprint density at radius 3 is 2.48 bits per heavy atom. The SMILES string of the molecule is CC1Oc2c(cc(Br)c(NC(=O)CC3(C)CC3)c2F)N(Cc2cc(F)cc(F)c2)C1=O. The molecule has 1 N–H and O–H groups in total. The molecule has 1 heterocycles. The van der Waals surface area contributed by atoms with Crippen LogP contribution in [0.4, 0.5) is 24.5 Å². The van der Waals surface area contributed by atoms with E-state index in [2.05, 4.69) is 21.2 Å². The molecule has 1 unspecified atom stereocenters. The Balaban J connectivity index is 1.68. The van der Waals surface area contributed by atoms with Gasteiger partial charge in [-0.05, 0) is 64.9 Å². The molecule has 2 amide bonds. The van der Waals surface area contributed by atoms with Crippen LogP contribution in [0.15, 0.2) is 28.7 Å². The van der Waals surface area contributed by atoms with Crippen LogP contribution in [0.1, 0.15) is 38.7 Å². The lowest BCUT2D eigenvalue weighted by molar-refractivity contribution is -0.125. The number of ether oxygens (including phenoxy) is 1. The molecule has 0 spiro atoms. The minimum atomic E-state index is -1.02. The first-order valence-corrected chi connectivity index (χ1v) is 10.6. The van der Waals surface area contributed by atoms with E-state index in [1.807, 2.05) is 6.92 Å². The predicted octanol–water partition coefficient (Wildman–Crippen LogP) is 5.31. The number of benzene rings is 2. The van der Waals surface area contributed by atoms with E-state index in [0.29, 0.717) is 0 Å². The molecular weight excluding hydrogens is 477 g/mol. The van der Waals surface area contributed by atoms with E-state index >= 15 is 4.39 Å². The molecule has 2 aromatic rings. The molecule has 0 saturated heterocycles. The van der Waals surface area contributed by atoms with Crippen LogP contribution < -0.4 is 15.0 Å². The molecule has 1 fully saturated rings. The number of rotatable bonds is 5. The number of nitrogens with zero attached hydrogens (tertiary/aromatic N) is 1. The van der Waals surface area contributed by atoms with Crippen LogP contribution in [0.5, 0.6) is 5.75 Å². The highest BCUT2D eigenvalue weighted by atomic mass is 79.9. The second kappa shape index (κ2) is 7.85. The van der Waals surface area contributed by atoms with E-state index < -0.39 is 29.5 Å². The maximum atomic E-state index is 15.3. The molecule has 1 aliphatic carbocycles. The number of halogens is 4. The molecule has 0 aromatic heterocycles. The van der Waals surface area contributed by atoms with Crippen molar-refractivity contribution in [1.82, 2.24) is 0 Å². The number of hydrogen-bond acceptors (Lipinski definition) is 3. The summed E-state index contributed by atoms with van der Waals surface area (Å²) < 4.78 is 48.3. The number of nitrogens with one attached hydrogen (secondary N) is 1. The van der Waals surface area contributed by atoms with Gasteiger partial charge >= 0.3 is 0 Å². The second-order valence-electron chi connectivity index (χ2n) is 8.39. The van der Waals surface area contributed by atoms with Crippen molar-refractivity contribution >= 4 is 39.1 Å². The summed E-state index contributed by atoms with van der Waals surface area (Å²) in [7, 11) is 0. The van der Waals surface area contributed by atoms with Gasteiger partial charge in [0.15, 0.2) is 17.7 Å². The molecule has 9 heteroatoms. The third kappa shape index (κ3) is 4.42. The van der Waals surface area contributed by atoms with Gasteiger partial charge in [-0.2, -0.15) is 0 Å². The lowest BCUT2D eigenvalue weighted by atomic mass is 10.1. The summed E-state index contributed by atoms with van der Waals surface area (Å²) in [6, 6.07) is 4.39. The van der Waals surface area contributed by atoms with Gasteiger partial charge in [0.1, 0.15) is 11.6 Å². The standard InChI is InChI=1S/C22H20BrF3N2O3/c1-11-21(30)28(10-12-5-13(24)7-14(25)6-12)16-8-15(23)19(18(26)20(16)31-11)27-17(29)9-22(2)3-4-22/h5-8,11H,3-4,9-10H2,1-2H3,(H,27,29). The summed E-state index contributed by atoms with van der Waals surface area (Å²) >= 11 is 3.25. The highest BCUT2D eigenvalue weighted by molar-refractivity contribution is 9.10. The number of hydrogen-bond donors (Lipinski definition) is 1. The van der Waals surface area contributed by atoms with E-state index in [9.17, 15) is 18.4 Å². The van der Waals surface area contributed by atoms with Crippen molar-refractivity contribution < 1.29 is 27.5 Å². The third-order valence-corrected chi connectivity index (χ3v) is 6.20. The van der Waals surface area contributed by atoms with E-state index in [1.54, 1.807) is 0 Å². The molecule has 164 valence electrons. The van der Waals surface area contributed by atoms with Crippen LogP contribution in [0, 0.1) is 22.9 Å². The molecule has 4 rings (SSSR count). The molecule has 5 nitrogen and oxygen atoms in total. The Kier molecular flexibility index (Phi) is 5.49. The Morgan fingerprint density at radius 1 is 1.23 bits per heavy atom. The molecule has 0 bridgehead atoms. The van der Waals surface area contributed by atoms with Gasteiger partial charge in [-0.25, -0.2) is 13.2 Å². The molecule has 31 heavy (non-hydrogen) atoms. The number of fused-ring (bicyclic) bond motifs is 1. The van der Waals surface area contributed by atoms with Gasteiger partial charge in [0.05, 0.1) is 17.9 Å². The molecule has 1 saturated carbocycles. The van der Waals surface area contributed by atoms with Crippen molar-refractivity contribution in [3.63, 3.8) is 0 Å². The van der Waals surface area contributed by atoms with Crippen LogP contribution in [-0.4, -0.2) is 17.9 Å². The van der Waals surface area contributed by atoms with Crippen molar-refractivity contribution in [3.05, 3.63) is 51.8 Å². The van der Waals surface area contributed by atoms with Crippen LogP contribution in [0.25, 0.3) is 0 Å². The average Bonchev–Trinajstić information content (AvgIpc) is 3.39. The minimum Gasteiger partial charge on any atom is -0.476 e. The van der Waals surface area contributed by atoms with Crippen LogP contribution in [0.3, 0.4) is 0 Å². The fourth-order valence-electron chi connectivity index (χ4n) is 3.59. The topological polar surface area (TPSA) is 58.6 Å². The van der Waals surface area contributed by atoms with E-state index in [4.69, 9.17) is 4.74 Å². The summed E-state index contributed by atoms with van der Waals surface area (Å²) in [6.45, 7) is 3.27. The van der Waals surface area contributed by atoms with Crippen molar-refractivity contribution in [2.45, 2.75) is 45.8 Å². The highest BCUT2D eigenvalue weighted by Gasteiger charge is 2.40. The van der Waals surface area contributed by atoms with Gasteiger partial charge in [-0.1, -0.05) is 6.92 Å². The number of amides is 2. The molecule has 2 aromatic carbocycles. The molecule has 1 atom stereocenters. The maximum absolute atomic E-state index is 15.3. The molecule has 0 radical (unpaired) electrons. The van der Waals surface area contributed by atoms with E-state index in [1.165, 1.54) is 17.9 Å².